The Hall–Kier alpha value is -11.9. The van der Waals surface area contributed by atoms with E-state index in [9.17, 15) is 11.8 Å². The minimum Gasteiger partial charge on any atom is -0.308 e. The summed E-state index contributed by atoms with van der Waals surface area (Å²) in [5, 5.41) is 31.4. The van der Waals surface area contributed by atoms with E-state index in [1.54, 1.807) is 0 Å². The van der Waals surface area contributed by atoms with Gasteiger partial charge < -0.3 is 18.3 Å². The van der Waals surface area contributed by atoms with Crippen molar-refractivity contribution in [2.75, 3.05) is 0 Å². The topological polar surface area (TPSA) is 47.9 Å². The van der Waals surface area contributed by atoms with Gasteiger partial charge in [-0.15, -0.1) is 45.3 Å². The van der Waals surface area contributed by atoms with E-state index in [-0.39, 0.29) is 0 Å². The molecular formula is C86H44N6S4. The zero-order chi connectivity index (χ0) is 62.8. The van der Waals surface area contributed by atoms with Crippen molar-refractivity contribution < 1.29 is 0 Å². The summed E-state index contributed by atoms with van der Waals surface area (Å²) in [6, 6.07) is 100.0. The summed E-state index contributed by atoms with van der Waals surface area (Å²) >= 11 is 7.36. The van der Waals surface area contributed by atoms with Crippen molar-refractivity contribution >= 4 is 219 Å². The molecule has 14 aromatic carbocycles. The number of nitriles is 1. The van der Waals surface area contributed by atoms with Crippen LogP contribution in [0.1, 0.15) is 5.56 Å². The van der Waals surface area contributed by atoms with Crippen molar-refractivity contribution in [3.8, 4) is 39.9 Å². The number of para-hydroxylation sites is 4. The minimum absolute atomic E-state index is 0.434. The molecule has 0 N–H and O–H groups in total. The standard InChI is InChI=1S/C86H44N6S4/c1-88-62-45-74(92-66-29-13-5-25-59(66)82-70(92)41-37-55-51-21-9-17-33-78(51)96-86(55)82)73(91-65-28-12-4-24-58(65)81-69(91)40-36-54-50-20-8-16-32-77(50)95-85(54)81)44-61(62)60-43-72(90-64-27-11-3-23-57(64)80-68(90)39-35-53-49-19-7-15-31-76(49)94-84(53)80)71(42-47(60)46-87)89-63-26-10-2-22-56(63)79-67(89)38-34-52-48-18-6-14-30-75(48)93-83(52)79/h2-45H. The Bertz CT molecular complexity index is 6940. The van der Waals surface area contributed by atoms with Crippen molar-refractivity contribution in [3.63, 3.8) is 0 Å². The van der Waals surface area contributed by atoms with Crippen molar-refractivity contribution in [3.05, 3.63) is 284 Å². The molecule has 0 aliphatic carbocycles. The lowest BCUT2D eigenvalue weighted by Crippen LogP contribution is -2.07. The van der Waals surface area contributed by atoms with Crippen LogP contribution in [0.3, 0.4) is 0 Å². The normalized spacial score (nSPS) is 12.4. The van der Waals surface area contributed by atoms with Crippen molar-refractivity contribution in [1.82, 2.24) is 18.3 Å². The van der Waals surface area contributed by atoms with Crippen LogP contribution >= 0.6 is 45.3 Å². The molecule has 0 atom stereocenters. The van der Waals surface area contributed by atoms with Gasteiger partial charge in [-0.05, 0) is 108 Å². The first-order chi connectivity index (χ1) is 47.6. The van der Waals surface area contributed by atoms with E-state index in [0.717, 1.165) is 88.4 Å². The summed E-state index contributed by atoms with van der Waals surface area (Å²) in [7, 11) is 0. The fourth-order valence-electron chi connectivity index (χ4n) is 16.5. The van der Waals surface area contributed by atoms with Gasteiger partial charge >= 0.3 is 0 Å². The quantitative estimate of drug-likeness (QED) is 0.158. The van der Waals surface area contributed by atoms with Gasteiger partial charge in [0, 0.05) is 124 Å². The number of hydrogen-bond donors (Lipinski definition) is 0. The summed E-state index contributed by atoms with van der Waals surface area (Å²) in [4.78, 5) is 4.60. The number of fused-ring (bicyclic) bond motifs is 28. The van der Waals surface area contributed by atoms with Crippen molar-refractivity contribution in [1.29, 1.82) is 5.26 Å². The molecule has 8 aromatic heterocycles. The molecule has 96 heavy (non-hydrogen) atoms. The van der Waals surface area contributed by atoms with Gasteiger partial charge in [-0.3, -0.25) is 0 Å². The predicted molar refractivity (Wildman–Crippen MR) is 412 cm³/mol. The highest BCUT2D eigenvalue weighted by Gasteiger charge is 2.29. The summed E-state index contributed by atoms with van der Waals surface area (Å²) in [5.74, 6) is 0. The number of aromatic nitrogens is 4. The molecule has 0 aliphatic heterocycles. The highest BCUT2D eigenvalue weighted by Crippen LogP contribution is 2.52. The average molecular weight is 1290 g/mol. The molecule has 0 amide bonds. The monoisotopic (exact) mass is 1290 g/mol. The molecule has 0 unspecified atom stereocenters. The van der Waals surface area contributed by atoms with Gasteiger partial charge in [0.15, 0.2) is 5.69 Å². The molecule has 0 spiro atoms. The second kappa shape index (κ2) is 19.4. The minimum atomic E-state index is 0.434. The molecule has 0 fully saturated rings. The Morgan fingerprint density at radius 2 is 0.542 bits per heavy atom. The third-order valence-electron chi connectivity index (χ3n) is 20.4. The van der Waals surface area contributed by atoms with E-state index in [1.807, 2.05) is 45.3 Å². The van der Waals surface area contributed by atoms with E-state index in [2.05, 4.69) is 296 Å². The molecule has 22 aromatic rings. The van der Waals surface area contributed by atoms with Crippen molar-refractivity contribution in [2.24, 2.45) is 0 Å². The smallest absolute Gasteiger partial charge is 0.197 e. The maximum atomic E-state index is 12.2. The molecule has 0 saturated carbocycles. The van der Waals surface area contributed by atoms with Gasteiger partial charge in [0.1, 0.15) is 0 Å². The molecule has 0 radical (unpaired) electrons. The van der Waals surface area contributed by atoms with Crippen molar-refractivity contribution in [2.45, 2.75) is 0 Å². The van der Waals surface area contributed by atoms with Crippen LogP contribution < -0.4 is 0 Å². The molecule has 0 bridgehead atoms. The molecule has 0 saturated heterocycles. The first-order valence-corrected chi connectivity index (χ1v) is 35.3. The highest BCUT2D eigenvalue weighted by atomic mass is 32.1. The van der Waals surface area contributed by atoms with E-state index in [0.29, 0.717) is 22.4 Å². The molecule has 8 heterocycles. The fraction of sp³-hybridized carbons (Fsp3) is 0. The molecule has 6 nitrogen and oxygen atoms in total. The number of hydrogen-bond acceptors (Lipinski definition) is 5. The summed E-state index contributed by atoms with van der Waals surface area (Å²) in [6.45, 7) is 9.53. The SMILES string of the molecule is [C-]#[N+]c1cc(-n2c3ccccc3c3c4sc5ccccc5c4ccc32)c(-n2c3ccccc3c3c4sc5ccccc5c4ccc32)cc1-c1cc(-n2c3ccccc3c3c4sc5ccccc5c4ccc32)c(-n2c3ccccc3c3c4sc5ccccc5c4ccc32)cc1C#N. The second-order valence-corrected chi connectivity index (χ2v) is 29.3. The maximum absolute atomic E-state index is 12.2. The summed E-state index contributed by atoms with van der Waals surface area (Å²) in [6.07, 6.45) is 0. The third-order valence-corrected chi connectivity index (χ3v) is 25.2. The van der Waals surface area contributed by atoms with Crippen LogP contribution in [-0.2, 0) is 0 Å². The van der Waals surface area contributed by atoms with Gasteiger partial charge in [0.05, 0.1) is 85.1 Å². The first kappa shape index (κ1) is 52.6. The van der Waals surface area contributed by atoms with Crippen LogP contribution in [-0.4, -0.2) is 18.3 Å². The molecule has 442 valence electrons. The number of rotatable bonds is 5. The van der Waals surface area contributed by atoms with E-state index in [1.165, 1.54) is 102 Å². The van der Waals surface area contributed by atoms with E-state index >= 15 is 0 Å². The average Bonchev–Trinajstić information content (AvgIpc) is 1.57. The van der Waals surface area contributed by atoms with Crippen LogP contribution in [0, 0.1) is 17.9 Å². The van der Waals surface area contributed by atoms with E-state index in [4.69, 9.17) is 0 Å². The van der Waals surface area contributed by atoms with Crippen LogP contribution in [0.4, 0.5) is 5.69 Å². The number of benzene rings is 14. The summed E-state index contributed by atoms with van der Waals surface area (Å²) < 4.78 is 19.6. The second-order valence-electron chi connectivity index (χ2n) is 25.1. The Kier molecular flexibility index (Phi) is 10.6. The fourth-order valence-corrected chi connectivity index (χ4v) is 21.5. The van der Waals surface area contributed by atoms with E-state index < -0.39 is 0 Å². The highest BCUT2D eigenvalue weighted by molar-refractivity contribution is 7.28. The van der Waals surface area contributed by atoms with Gasteiger partial charge in [0.2, 0.25) is 0 Å². The lowest BCUT2D eigenvalue weighted by molar-refractivity contribution is 1.09. The van der Waals surface area contributed by atoms with Gasteiger partial charge in [0.25, 0.3) is 0 Å². The molecular weight excluding hydrogens is 1250 g/mol. The molecule has 10 heteroatoms. The summed E-state index contributed by atoms with van der Waals surface area (Å²) in [5.41, 5.74) is 14.1. The zero-order valence-electron chi connectivity index (χ0n) is 50.7. The van der Waals surface area contributed by atoms with Crippen LogP contribution in [0.5, 0.6) is 0 Å². The zero-order valence-corrected chi connectivity index (χ0v) is 54.0. The maximum Gasteiger partial charge on any atom is 0.197 e. The van der Waals surface area contributed by atoms with Crippen LogP contribution in [0.15, 0.2) is 267 Å². The number of thiophene rings is 4. The van der Waals surface area contributed by atoms with Crippen LogP contribution in [0.25, 0.3) is 207 Å². The predicted octanol–water partition coefficient (Wildman–Crippen LogP) is 25.6. The third kappa shape index (κ3) is 6.89. The van der Waals surface area contributed by atoms with Gasteiger partial charge in [-0.2, -0.15) is 5.26 Å². The Morgan fingerprint density at radius 3 is 0.854 bits per heavy atom. The van der Waals surface area contributed by atoms with Crippen LogP contribution in [0.2, 0.25) is 0 Å². The first-order valence-electron chi connectivity index (χ1n) is 32.1. The molecule has 22 rings (SSSR count). The lowest BCUT2D eigenvalue weighted by atomic mass is 9.95. The molecule has 0 aliphatic rings. The largest absolute Gasteiger partial charge is 0.308 e. The Balaban J connectivity index is 0.898. The number of nitrogens with zero attached hydrogens (tertiary/aromatic N) is 6. The lowest BCUT2D eigenvalue weighted by Gasteiger charge is -2.22. The van der Waals surface area contributed by atoms with Gasteiger partial charge in [-0.1, -0.05) is 170 Å². The van der Waals surface area contributed by atoms with Gasteiger partial charge in [-0.25, -0.2) is 4.85 Å². The Labute approximate surface area is 562 Å². The Morgan fingerprint density at radius 1 is 0.271 bits per heavy atom.